The van der Waals surface area contributed by atoms with Crippen LogP contribution < -0.4 is 5.32 Å². The normalized spacial score (nSPS) is 19.7. The molecule has 1 aliphatic carbocycles. The van der Waals surface area contributed by atoms with E-state index in [-0.39, 0.29) is 12.3 Å². The van der Waals surface area contributed by atoms with Crippen molar-refractivity contribution in [3.8, 4) is 0 Å². The van der Waals surface area contributed by atoms with Gasteiger partial charge in [-0.15, -0.1) is 0 Å². The minimum absolute atomic E-state index is 0.108. The first kappa shape index (κ1) is 18.8. The fourth-order valence-corrected chi connectivity index (χ4v) is 5.21. The average molecular weight is 380 g/mol. The van der Waals surface area contributed by atoms with Crippen molar-refractivity contribution in [1.82, 2.24) is 9.62 Å². The Balaban J connectivity index is 1.69. The summed E-state index contributed by atoms with van der Waals surface area (Å²) in [5.74, 6) is -1.69. The van der Waals surface area contributed by atoms with Crippen LogP contribution in [0.1, 0.15) is 43.2 Å². The van der Waals surface area contributed by atoms with Gasteiger partial charge in [0.2, 0.25) is 15.9 Å². The highest BCUT2D eigenvalue weighted by Gasteiger charge is 2.51. The van der Waals surface area contributed by atoms with E-state index in [1.807, 2.05) is 0 Å². The van der Waals surface area contributed by atoms with Crippen LogP contribution in [0.3, 0.4) is 0 Å². The van der Waals surface area contributed by atoms with Crippen molar-refractivity contribution < 1.29 is 23.1 Å². The van der Waals surface area contributed by atoms with E-state index in [2.05, 4.69) is 5.32 Å². The number of rotatable bonds is 7. The van der Waals surface area contributed by atoms with Gasteiger partial charge in [0.1, 0.15) is 5.41 Å². The van der Waals surface area contributed by atoms with Gasteiger partial charge in [-0.1, -0.05) is 30.7 Å². The summed E-state index contributed by atoms with van der Waals surface area (Å²) in [5, 5.41) is 12.0. The van der Waals surface area contributed by atoms with Crippen molar-refractivity contribution in [3.63, 3.8) is 0 Å². The Bertz CT molecular complexity index is 796. The Morgan fingerprint density at radius 2 is 1.69 bits per heavy atom. The summed E-state index contributed by atoms with van der Waals surface area (Å²) >= 11 is 0. The molecule has 142 valence electrons. The number of hydrogen-bond acceptors (Lipinski definition) is 4. The van der Waals surface area contributed by atoms with Crippen LogP contribution in [0.2, 0.25) is 0 Å². The first-order chi connectivity index (χ1) is 12.3. The second-order valence-electron chi connectivity index (χ2n) is 7.05. The molecule has 7 nitrogen and oxygen atoms in total. The molecule has 0 aromatic heterocycles. The number of carbonyl (C=O) groups is 2. The molecule has 0 spiro atoms. The summed E-state index contributed by atoms with van der Waals surface area (Å²) in [5.41, 5.74) is 0.0116. The van der Waals surface area contributed by atoms with E-state index in [4.69, 9.17) is 0 Å². The number of nitrogens with one attached hydrogen (secondary N) is 1. The van der Waals surface area contributed by atoms with Crippen LogP contribution in [0.5, 0.6) is 0 Å². The first-order valence-corrected chi connectivity index (χ1v) is 10.5. The predicted molar refractivity (Wildman–Crippen MR) is 95.6 cm³/mol. The highest BCUT2D eigenvalue weighted by molar-refractivity contribution is 7.88. The lowest BCUT2D eigenvalue weighted by Gasteiger charge is -2.35. The SMILES string of the molecule is O=C(O)C1(C(=O)NCc2ccccc2CS(=O)(=O)N2CCCC2)CCC1. The number of carboxylic acid groups (broad SMARTS) is 1. The molecule has 26 heavy (non-hydrogen) atoms. The third kappa shape index (κ3) is 3.61. The largest absolute Gasteiger partial charge is 0.480 e. The molecule has 2 fully saturated rings. The van der Waals surface area contributed by atoms with Crippen LogP contribution in [-0.2, 0) is 31.9 Å². The molecule has 8 heteroatoms. The quantitative estimate of drug-likeness (QED) is 0.698. The maximum Gasteiger partial charge on any atom is 0.319 e. The monoisotopic (exact) mass is 380 g/mol. The summed E-state index contributed by atoms with van der Waals surface area (Å²) in [7, 11) is -3.38. The Labute approximate surface area is 153 Å². The highest BCUT2D eigenvalue weighted by atomic mass is 32.2. The first-order valence-electron chi connectivity index (χ1n) is 8.91. The zero-order valence-corrected chi connectivity index (χ0v) is 15.4. The lowest BCUT2D eigenvalue weighted by atomic mass is 9.68. The van der Waals surface area contributed by atoms with Crippen LogP contribution in [-0.4, -0.2) is 42.8 Å². The van der Waals surface area contributed by atoms with Gasteiger partial charge in [-0.2, -0.15) is 0 Å². The van der Waals surface area contributed by atoms with E-state index in [1.165, 1.54) is 4.31 Å². The summed E-state index contributed by atoms with van der Waals surface area (Å²) in [4.78, 5) is 23.8. The van der Waals surface area contributed by atoms with Gasteiger partial charge in [-0.3, -0.25) is 9.59 Å². The summed E-state index contributed by atoms with van der Waals surface area (Å²) in [6.45, 7) is 1.24. The number of amides is 1. The van der Waals surface area contributed by atoms with Crippen molar-refractivity contribution in [1.29, 1.82) is 0 Å². The molecule has 1 saturated carbocycles. The Kier molecular flexibility index (Phi) is 5.34. The highest BCUT2D eigenvalue weighted by Crippen LogP contribution is 2.41. The Hall–Kier alpha value is -1.93. The third-order valence-electron chi connectivity index (χ3n) is 5.41. The number of nitrogens with zero attached hydrogens (tertiary/aromatic N) is 1. The fourth-order valence-electron chi connectivity index (χ4n) is 3.54. The number of sulfonamides is 1. The maximum atomic E-state index is 12.6. The molecule has 1 aromatic rings. The van der Waals surface area contributed by atoms with Crippen LogP contribution in [0.15, 0.2) is 24.3 Å². The van der Waals surface area contributed by atoms with E-state index in [0.717, 1.165) is 19.3 Å². The number of carboxylic acids is 1. The molecule has 2 aliphatic rings. The number of carbonyl (C=O) groups excluding carboxylic acids is 1. The van der Waals surface area contributed by atoms with E-state index >= 15 is 0 Å². The summed E-state index contributed by atoms with van der Waals surface area (Å²) in [6.07, 6.45) is 3.19. The third-order valence-corrected chi connectivity index (χ3v) is 7.23. The van der Waals surface area contributed by atoms with Crippen molar-refractivity contribution in [3.05, 3.63) is 35.4 Å². The van der Waals surface area contributed by atoms with E-state index in [9.17, 15) is 23.1 Å². The molecule has 1 saturated heterocycles. The average Bonchev–Trinajstić information content (AvgIpc) is 3.07. The van der Waals surface area contributed by atoms with E-state index in [0.29, 0.717) is 37.1 Å². The van der Waals surface area contributed by atoms with Gasteiger partial charge in [0.25, 0.3) is 0 Å². The van der Waals surface area contributed by atoms with E-state index in [1.54, 1.807) is 24.3 Å². The number of benzene rings is 1. The number of hydrogen-bond donors (Lipinski definition) is 2. The standard InChI is InChI=1S/C18H24N2O5S/c21-16(18(17(22)23)8-5-9-18)19-12-14-6-1-2-7-15(14)13-26(24,25)20-10-3-4-11-20/h1-2,6-7H,3-5,8-13H2,(H,19,21)(H,22,23). The number of aliphatic carboxylic acids is 1. The second-order valence-corrected chi connectivity index (χ2v) is 9.02. The smallest absolute Gasteiger partial charge is 0.319 e. The fraction of sp³-hybridized carbons (Fsp3) is 0.556. The van der Waals surface area contributed by atoms with Crippen LogP contribution in [0, 0.1) is 5.41 Å². The Morgan fingerprint density at radius 3 is 2.23 bits per heavy atom. The van der Waals surface area contributed by atoms with Gasteiger partial charge in [0.05, 0.1) is 5.75 Å². The zero-order valence-electron chi connectivity index (χ0n) is 14.6. The van der Waals surface area contributed by atoms with Gasteiger partial charge < -0.3 is 10.4 Å². The molecule has 1 heterocycles. The topological polar surface area (TPSA) is 104 Å². The molecule has 1 aliphatic heterocycles. The molecule has 3 rings (SSSR count). The molecule has 1 aromatic carbocycles. The molecule has 0 bridgehead atoms. The van der Waals surface area contributed by atoms with Gasteiger partial charge in [-0.25, -0.2) is 12.7 Å². The van der Waals surface area contributed by atoms with Crippen molar-refractivity contribution >= 4 is 21.9 Å². The van der Waals surface area contributed by atoms with Crippen molar-refractivity contribution in [2.24, 2.45) is 5.41 Å². The van der Waals surface area contributed by atoms with Gasteiger partial charge >= 0.3 is 5.97 Å². The van der Waals surface area contributed by atoms with Crippen molar-refractivity contribution in [2.75, 3.05) is 13.1 Å². The van der Waals surface area contributed by atoms with Crippen LogP contribution in [0.25, 0.3) is 0 Å². The minimum atomic E-state index is -3.38. The second kappa shape index (κ2) is 7.36. The van der Waals surface area contributed by atoms with Gasteiger partial charge in [-0.05, 0) is 36.8 Å². The maximum absolute atomic E-state index is 12.6. The van der Waals surface area contributed by atoms with Gasteiger partial charge in [0, 0.05) is 19.6 Å². The minimum Gasteiger partial charge on any atom is -0.480 e. The summed E-state index contributed by atoms with van der Waals surface area (Å²) in [6, 6.07) is 7.06. The van der Waals surface area contributed by atoms with Crippen molar-refractivity contribution in [2.45, 2.75) is 44.4 Å². The van der Waals surface area contributed by atoms with Gasteiger partial charge in [0.15, 0.2) is 0 Å². The Morgan fingerprint density at radius 1 is 1.08 bits per heavy atom. The molecule has 2 N–H and O–H groups in total. The lowest BCUT2D eigenvalue weighted by Crippen LogP contribution is -2.50. The van der Waals surface area contributed by atoms with E-state index < -0.39 is 27.3 Å². The van der Waals surface area contributed by atoms with Crippen LogP contribution in [0.4, 0.5) is 0 Å². The molecule has 1 amide bonds. The molecular weight excluding hydrogens is 356 g/mol. The lowest BCUT2D eigenvalue weighted by molar-refractivity contribution is -0.162. The zero-order chi connectivity index (χ0) is 18.8. The molecule has 0 radical (unpaired) electrons. The molecule has 0 unspecified atom stereocenters. The van der Waals surface area contributed by atoms with Crippen LogP contribution >= 0.6 is 0 Å². The molecular formula is C18H24N2O5S. The predicted octanol–water partition coefficient (Wildman–Crippen LogP) is 1.48. The summed E-state index contributed by atoms with van der Waals surface area (Å²) < 4.78 is 26.6. The molecule has 0 atom stereocenters.